The quantitative estimate of drug-likeness (QED) is 0.690. The number of hydrogen-bond acceptors (Lipinski definition) is 5. The van der Waals surface area contributed by atoms with Crippen LogP contribution in [0.5, 0.6) is 0 Å². The van der Waals surface area contributed by atoms with E-state index in [1.54, 1.807) is 24.3 Å². The number of pyridine rings is 1. The second-order valence-electron chi connectivity index (χ2n) is 6.73. The zero-order chi connectivity index (χ0) is 18.0. The number of sulfone groups is 1. The molecular formula is C19H22N4O2S. The molecule has 1 fully saturated rings. The molecule has 1 aromatic carbocycles. The fourth-order valence-electron chi connectivity index (χ4n) is 3.55. The first kappa shape index (κ1) is 17.2. The van der Waals surface area contributed by atoms with Crippen molar-refractivity contribution in [2.24, 2.45) is 0 Å². The smallest absolute Gasteiger partial charge is 0.179 e. The Kier molecular flexibility index (Phi) is 4.74. The summed E-state index contributed by atoms with van der Waals surface area (Å²) in [7, 11) is -3.21. The maximum absolute atomic E-state index is 12.4. The molecule has 0 atom stereocenters. The minimum atomic E-state index is -3.21. The van der Waals surface area contributed by atoms with Crippen LogP contribution in [0.4, 0.5) is 0 Å². The van der Waals surface area contributed by atoms with Gasteiger partial charge in [0, 0.05) is 18.7 Å². The molecule has 0 aliphatic carbocycles. The van der Waals surface area contributed by atoms with Crippen molar-refractivity contribution in [3.63, 3.8) is 0 Å². The van der Waals surface area contributed by atoms with Crippen LogP contribution in [-0.4, -0.2) is 53.3 Å². The van der Waals surface area contributed by atoms with Gasteiger partial charge in [0.1, 0.15) is 5.82 Å². The number of rotatable bonds is 5. The molecule has 0 bridgehead atoms. The van der Waals surface area contributed by atoms with Crippen molar-refractivity contribution in [3.8, 4) is 0 Å². The predicted molar refractivity (Wildman–Crippen MR) is 99.9 cm³/mol. The number of piperidine rings is 1. The molecule has 0 radical (unpaired) electrons. The van der Waals surface area contributed by atoms with Gasteiger partial charge in [-0.25, -0.2) is 8.42 Å². The third kappa shape index (κ3) is 3.50. The standard InChI is InChI=1S/C19H22N4O2S/c24-26(25,17-6-2-1-3-7-17)15-14-22-12-9-16(10-13-22)19-21-20-18-8-4-5-11-23(18)19/h1-8,11,16H,9-10,12-15H2. The van der Waals surface area contributed by atoms with E-state index in [0.717, 1.165) is 37.4 Å². The van der Waals surface area contributed by atoms with Crippen molar-refractivity contribution >= 4 is 15.5 Å². The molecule has 3 heterocycles. The molecule has 3 aromatic rings. The van der Waals surface area contributed by atoms with Crippen molar-refractivity contribution < 1.29 is 8.42 Å². The van der Waals surface area contributed by atoms with Gasteiger partial charge in [0.25, 0.3) is 0 Å². The van der Waals surface area contributed by atoms with Crippen LogP contribution < -0.4 is 0 Å². The minimum absolute atomic E-state index is 0.162. The van der Waals surface area contributed by atoms with Crippen molar-refractivity contribution in [2.75, 3.05) is 25.4 Å². The van der Waals surface area contributed by atoms with Gasteiger partial charge in [-0.15, -0.1) is 10.2 Å². The summed E-state index contributed by atoms with van der Waals surface area (Å²) in [6.07, 6.45) is 3.95. The lowest BCUT2D eigenvalue weighted by atomic mass is 9.96. The van der Waals surface area contributed by atoms with Gasteiger partial charge in [0.2, 0.25) is 0 Å². The Bertz CT molecular complexity index is 977. The number of hydrogen-bond donors (Lipinski definition) is 0. The fourth-order valence-corrected chi connectivity index (χ4v) is 4.85. The highest BCUT2D eigenvalue weighted by molar-refractivity contribution is 7.91. The molecule has 7 heteroatoms. The molecule has 1 aliphatic rings. The number of aromatic nitrogens is 3. The van der Waals surface area contributed by atoms with E-state index >= 15 is 0 Å². The van der Waals surface area contributed by atoms with Gasteiger partial charge < -0.3 is 4.90 Å². The lowest BCUT2D eigenvalue weighted by Crippen LogP contribution is -2.36. The second-order valence-corrected chi connectivity index (χ2v) is 8.84. The van der Waals surface area contributed by atoms with Gasteiger partial charge in [-0.05, 0) is 50.2 Å². The Hall–Kier alpha value is -2.25. The predicted octanol–water partition coefficient (Wildman–Crippen LogP) is 2.38. The van der Waals surface area contributed by atoms with Crippen molar-refractivity contribution in [1.29, 1.82) is 0 Å². The highest BCUT2D eigenvalue weighted by Crippen LogP contribution is 2.27. The molecular weight excluding hydrogens is 348 g/mol. The summed E-state index contributed by atoms with van der Waals surface area (Å²) in [6, 6.07) is 14.6. The van der Waals surface area contributed by atoms with Crippen LogP contribution in [0.3, 0.4) is 0 Å². The molecule has 0 unspecified atom stereocenters. The Labute approximate surface area is 153 Å². The number of fused-ring (bicyclic) bond motifs is 1. The van der Waals surface area contributed by atoms with Crippen LogP contribution in [0.15, 0.2) is 59.6 Å². The van der Waals surface area contributed by atoms with Crippen LogP contribution in [0.1, 0.15) is 24.6 Å². The number of benzene rings is 1. The molecule has 26 heavy (non-hydrogen) atoms. The summed E-state index contributed by atoms with van der Waals surface area (Å²) >= 11 is 0. The molecule has 1 aliphatic heterocycles. The maximum atomic E-state index is 12.4. The molecule has 4 rings (SSSR count). The van der Waals surface area contributed by atoms with Gasteiger partial charge in [-0.3, -0.25) is 4.40 Å². The van der Waals surface area contributed by atoms with Crippen LogP contribution in [0.25, 0.3) is 5.65 Å². The Morgan fingerprint density at radius 2 is 1.69 bits per heavy atom. The molecule has 0 N–H and O–H groups in total. The lowest BCUT2D eigenvalue weighted by Gasteiger charge is -2.31. The van der Waals surface area contributed by atoms with Gasteiger partial charge in [0.15, 0.2) is 15.5 Å². The van der Waals surface area contributed by atoms with E-state index in [2.05, 4.69) is 19.5 Å². The first-order valence-electron chi connectivity index (χ1n) is 8.93. The maximum Gasteiger partial charge on any atom is 0.179 e. The molecule has 1 saturated heterocycles. The zero-order valence-corrected chi connectivity index (χ0v) is 15.3. The molecule has 2 aromatic heterocycles. The van der Waals surface area contributed by atoms with Crippen molar-refractivity contribution in [2.45, 2.75) is 23.7 Å². The van der Waals surface area contributed by atoms with E-state index in [4.69, 9.17) is 0 Å². The first-order chi connectivity index (χ1) is 12.6. The lowest BCUT2D eigenvalue weighted by molar-refractivity contribution is 0.219. The van der Waals surface area contributed by atoms with Crippen LogP contribution >= 0.6 is 0 Å². The average molecular weight is 370 g/mol. The largest absolute Gasteiger partial charge is 0.302 e. The second kappa shape index (κ2) is 7.17. The summed E-state index contributed by atoms with van der Waals surface area (Å²) in [4.78, 5) is 2.64. The van der Waals surface area contributed by atoms with Crippen LogP contribution in [0, 0.1) is 0 Å². The number of nitrogens with zero attached hydrogens (tertiary/aromatic N) is 4. The van der Waals surface area contributed by atoms with Gasteiger partial charge >= 0.3 is 0 Å². The van der Waals surface area contributed by atoms with Gasteiger partial charge in [-0.1, -0.05) is 24.3 Å². The molecule has 0 spiro atoms. The van der Waals surface area contributed by atoms with E-state index in [1.807, 2.05) is 30.5 Å². The van der Waals surface area contributed by atoms with E-state index in [-0.39, 0.29) is 5.75 Å². The zero-order valence-electron chi connectivity index (χ0n) is 14.5. The Morgan fingerprint density at radius 1 is 0.962 bits per heavy atom. The summed E-state index contributed by atoms with van der Waals surface area (Å²) in [5, 5.41) is 8.60. The number of likely N-dealkylation sites (tertiary alicyclic amines) is 1. The monoisotopic (exact) mass is 370 g/mol. The fraction of sp³-hybridized carbons (Fsp3) is 0.368. The van der Waals surface area contributed by atoms with Crippen LogP contribution in [0.2, 0.25) is 0 Å². The first-order valence-corrected chi connectivity index (χ1v) is 10.6. The van der Waals surface area contributed by atoms with Crippen molar-refractivity contribution in [3.05, 3.63) is 60.6 Å². The molecule has 0 saturated carbocycles. The summed E-state index contributed by atoms with van der Waals surface area (Å²) in [5.41, 5.74) is 0.874. The normalized spacial score (nSPS) is 16.9. The summed E-state index contributed by atoms with van der Waals surface area (Å²) in [6.45, 7) is 2.35. The van der Waals surface area contributed by atoms with E-state index in [9.17, 15) is 8.42 Å². The average Bonchev–Trinajstić information content (AvgIpc) is 3.12. The van der Waals surface area contributed by atoms with Gasteiger partial charge in [0.05, 0.1) is 10.6 Å². The minimum Gasteiger partial charge on any atom is -0.302 e. The van der Waals surface area contributed by atoms with Gasteiger partial charge in [-0.2, -0.15) is 0 Å². The van der Waals surface area contributed by atoms with Crippen LogP contribution in [-0.2, 0) is 9.84 Å². The Morgan fingerprint density at radius 3 is 2.46 bits per heavy atom. The third-order valence-electron chi connectivity index (χ3n) is 5.07. The molecule has 0 amide bonds. The summed E-state index contributed by atoms with van der Waals surface area (Å²) in [5.74, 6) is 1.54. The highest BCUT2D eigenvalue weighted by Gasteiger charge is 2.25. The van der Waals surface area contributed by atoms with E-state index in [0.29, 0.717) is 17.4 Å². The summed E-state index contributed by atoms with van der Waals surface area (Å²) < 4.78 is 26.9. The third-order valence-corrected chi connectivity index (χ3v) is 6.78. The Balaban J connectivity index is 1.35. The molecule has 136 valence electrons. The van der Waals surface area contributed by atoms with E-state index < -0.39 is 9.84 Å². The molecule has 6 nitrogen and oxygen atoms in total. The van der Waals surface area contributed by atoms with Crippen molar-refractivity contribution in [1.82, 2.24) is 19.5 Å². The van der Waals surface area contributed by atoms with E-state index in [1.165, 1.54) is 0 Å². The topological polar surface area (TPSA) is 67.6 Å². The SMILES string of the molecule is O=S(=O)(CCN1CCC(c2nnc3ccccn23)CC1)c1ccccc1. The highest BCUT2D eigenvalue weighted by atomic mass is 32.2.